The first-order chi connectivity index (χ1) is 5.74. The van der Waals surface area contributed by atoms with Crippen LogP contribution in [0.2, 0.25) is 0 Å². The van der Waals surface area contributed by atoms with Gasteiger partial charge in [0.2, 0.25) is 5.91 Å². The van der Waals surface area contributed by atoms with E-state index in [1.165, 1.54) is 6.42 Å². The van der Waals surface area contributed by atoms with E-state index in [4.69, 9.17) is 0 Å². The minimum atomic E-state index is 0.170. The van der Waals surface area contributed by atoms with Gasteiger partial charge in [0.05, 0.1) is 0 Å². The molecule has 12 heavy (non-hydrogen) atoms. The fourth-order valence-corrected chi connectivity index (χ4v) is 1.26. The lowest BCUT2D eigenvalue weighted by Crippen LogP contribution is -2.28. The maximum Gasteiger partial charge on any atom is 0.221 e. The Morgan fingerprint density at radius 3 is 2.75 bits per heavy atom. The molecule has 1 fully saturated rings. The molecule has 2 atom stereocenters. The van der Waals surface area contributed by atoms with Crippen molar-refractivity contribution in [1.82, 2.24) is 10.6 Å². The summed E-state index contributed by atoms with van der Waals surface area (Å²) >= 11 is 0. The fourth-order valence-electron chi connectivity index (χ4n) is 1.26. The molecule has 0 spiro atoms. The zero-order valence-electron chi connectivity index (χ0n) is 7.89. The average Bonchev–Trinajstić information content (AvgIpc) is 2.75. The van der Waals surface area contributed by atoms with Crippen molar-refractivity contribution < 1.29 is 4.79 Å². The van der Waals surface area contributed by atoms with Gasteiger partial charge >= 0.3 is 0 Å². The second-order valence-electron chi connectivity index (χ2n) is 3.63. The number of nitrogens with one attached hydrogen (secondary N) is 2. The normalized spacial score (nSPS) is 26.8. The largest absolute Gasteiger partial charge is 0.356 e. The Balaban J connectivity index is 1.95. The third-order valence-electron chi connectivity index (χ3n) is 2.44. The van der Waals surface area contributed by atoms with E-state index in [-0.39, 0.29) is 5.91 Å². The predicted octanol–water partition coefficient (Wildman–Crippen LogP) is 0.368. The van der Waals surface area contributed by atoms with E-state index >= 15 is 0 Å². The highest BCUT2D eigenvalue weighted by Crippen LogP contribution is 2.36. The minimum absolute atomic E-state index is 0.170. The summed E-state index contributed by atoms with van der Waals surface area (Å²) in [7, 11) is 1.86. The molecule has 0 saturated heterocycles. The molecule has 3 heteroatoms. The second-order valence-corrected chi connectivity index (χ2v) is 3.63. The summed E-state index contributed by atoms with van der Waals surface area (Å²) < 4.78 is 0. The standard InChI is InChI=1S/C9H18N2O/c1-7-5-8(7)6-11-9(12)3-4-10-2/h7-8,10H,3-6H2,1-2H3,(H,11,12). The lowest BCUT2D eigenvalue weighted by Gasteiger charge is -2.03. The number of amides is 1. The van der Waals surface area contributed by atoms with Gasteiger partial charge in [-0.15, -0.1) is 0 Å². The highest BCUT2D eigenvalue weighted by molar-refractivity contribution is 5.76. The van der Waals surface area contributed by atoms with Crippen LogP contribution in [0.15, 0.2) is 0 Å². The van der Waals surface area contributed by atoms with Crippen LogP contribution in [0.25, 0.3) is 0 Å². The van der Waals surface area contributed by atoms with Crippen LogP contribution in [0.3, 0.4) is 0 Å². The SMILES string of the molecule is CNCCC(=O)NCC1CC1C. The molecule has 70 valence electrons. The summed E-state index contributed by atoms with van der Waals surface area (Å²) in [4.78, 5) is 11.1. The Kier molecular flexibility index (Phi) is 3.53. The van der Waals surface area contributed by atoms with E-state index in [0.29, 0.717) is 6.42 Å². The van der Waals surface area contributed by atoms with Crippen LogP contribution in [0.5, 0.6) is 0 Å². The number of hydrogen-bond donors (Lipinski definition) is 2. The van der Waals surface area contributed by atoms with Gasteiger partial charge in [-0.05, 0) is 25.3 Å². The molecule has 0 bridgehead atoms. The van der Waals surface area contributed by atoms with Gasteiger partial charge in [0.15, 0.2) is 0 Å². The van der Waals surface area contributed by atoms with Crippen LogP contribution in [0.1, 0.15) is 19.8 Å². The fraction of sp³-hybridized carbons (Fsp3) is 0.889. The smallest absolute Gasteiger partial charge is 0.221 e. The van der Waals surface area contributed by atoms with Crippen molar-refractivity contribution in [3.05, 3.63) is 0 Å². The monoisotopic (exact) mass is 170 g/mol. The highest BCUT2D eigenvalue weighted by atomic mass is 16.1. The van der Waals surface area contributed by atoms with E-state index in [1.807, 2.05) is 7.05 Å². The molecular weight excluding hydrogens is 152 g/mol. The van der Waals surface area contributed by atoms with Crippen LogP contribution in [0, 0.1) is 11.8 Å². The molecule has 2 N–H and O–H groups in total. The molecule has 1 aliphatic rings. The lowest BCUT2D eigenvalue weighted by atomic mass is 10.3. The molecule has 1 rings (SSSR count). The second kappa shape index (κ2) is 4.45. The van der Waals surface area contributed by atoms with E-state index in [1.54, 1.807) is 0 Å². The first kappa shape index (κ1) is 9.52. The van der Waals surface area contributed by atoms with Crippen molar-refractivity contribution in [2.45, 2.75) is 19.8 Å². The van der Waals surface area contributed by atoms with Gasteiger partial charge in [-0.1, -0.05) is 6.92 Å². The molecule has 0 heterocycles. The van der Waals surface area contributed by atoms with Crippen LogP contribution in [0.4, 0.5) is 0 Å². The summed E-state index contributed by atoms with van der Waals surface area (Å²) in [5, 5.41) is 5.88. The van der Waals surface area contributed by atoms with Gasteiger partial charge in [-0.25, -0.2) is 0 Å². The molecule has 0 aromatic carbocycles. The summed E-state index contributed by atoms with van der Waals surface area (Å²) in [6, 6.07) is 0. The first-order valence-electron chi connectivity index (χ1n) is 4.65. The molecule has 0 aliphatic heterocycles. The summed E-state index contributed by atoms with van der Waals surface area (Å²) in [5.74, 6) is 1.75. The van der Waals surface area contributed by atoms with Crippen molar-refractivity contribution >= 4 is 5.91 Å². The van der Waals surface area contributed by atoms with Gasteiger partial charge in [-0.3, -0.25) is 4.79 Å². The molecule has 3 nitrogen and oxygen atoms in total. The summed E-state index contributed by atoms with van der Waals surface area (Å²) in [5.41, 5.74) is 0. The van der Waals surface area contributed by atoms with E-state index < -0.39 is 0 Å². The maximum absolute atomic E-state index is 11.1. The lowest BCUT2D eigenvalue weighted by molar-refractivity contribution is -0.121. The Labute approximate surface area is 73.9 Å². The molecule has 0 aromatic heterocycles. The molecular formula is C9H18N2O. The van der Waals surface area contributed by atoms with E-state index in [0.717, 1.165) is 24.9 Å². The quantitative estimate of drug-likeness (QED) is 0.626. The summed E-state index contributed by atoms with van der Waals surface area (Å²) in [6.45, 7) is 3.88. The molecule has 0 radical (unpaired) electrons. The molecule has 2 unspecified atom stereocenters. The van der Waals surface area contributed by atoms with Gasteiger partial charge < -0.3 is 10.6 Å². The van der Waals surface area contributed by atoms with Gasteiger partial charge in [0, 0.05) is 19.5 Å². The predicted molar refractivity (Wildman–Crippen MR) is 48.8 cm³/mol. The Bertz CT molecular complexity index is 159. The molecule has 1 saturated carbocycles. The first-order valence-corrected chi connectivity index (χ1v) is 4.65. The number of hydrogen-bond acceptors (Lipinski definition) is 2. The zero-order chi connectivity index (χ0) is 8.97. The van der Waals surface area contributed by atoms with Crippen molar-refractivity contribution in [1.29, 1.82) is 0 Å². The third kappa shape index (κ3) is 3.22. The van der Waals surface area contributed by atoms with Crippen molar-refractivity contribution in [2.75, 3.05) is 20.1 Å². The zero-order valence-corrected chi connectivity index (χ0v) is 7.89. The van der Waals surface area contributed by atoms with Gasteiger partial charge in [0.25, 0.3) is 0 Å². The van der Waals surface area contributed by atoms with Crippen molar-refractivity contribution in [3.8, 4) is 0 Å². The number of carbonyl (C=O) groups excluding carboxylic acids is 1. The maximum atomic E-state index is 11.1. The van der Waals surface area contributed by atoms with Crippen molar-refractivity contribution in [3.63, 3.8) is 0 Å². The molecule has 1 aliphatic carbocycles. The highest BCUT2D eigenvalue weighted by Gasteiger charge is 2.32. The topological polar surface area (TPSA) is 41.1 Å². The van der Waals surface area contributed by atoms with E-state index in [2.05, 4.69) is 17.6 Å². The van der Waals surface area contributed by atoms with Crippen LogP contribution >= 0.6 is 0 Å². The van der Waals surface area contributed by atoms with Crippen LogP contribution in [-0.4, -0.2) is 26.0 Å². The van der Waals surface area contributed by atoms with Crippen LogP contribution in [-0.2, 0) is 4.79 Å². The number of rotatable bonds is 5. The third-order valence-corrected chi connectivity index (χ3v) is 2.44. The van der Waals surface area contributed by atoms with Gasteiger partial charge in [-0.2, -0.15) is 0 Å². The van der Waals surface area contributed by atoms with Gasteiger partial charge in [0.1, 0.15) is 0 Å². The minimum Gasteiger partial charge on any atom is -0.356 e. The Morgan fingerprint density at radius 2 is 2.25 bits per heavy atom. The average molecular weight is 170 g/mol. The number of carbonyl (C=O) groups is 1. The van der Waals surface area contributed by atoms with E-state index in [9.17, 15) is 4.79 Å². The Hall–Kier alpha value is -0.570. The molecule has 1 amide bonds. The Morgan fingerprint density at radius 1 is 1.58 bits per heavy atom. The van der Waals surface area contributed by atoms with Crippen molar-refractivity contribution in [2.24, 2.45) is 11.8 Å². The van der Waals surface area contributed by atoms with Crippen LogP contribution < -0.4 is 10.6 Å². The molecule has 0 aromatic rings. The summed E-state index contributed by atoms with van der Waals surface area (Å²) in [6.07, 6.45) is 1.88.